The zero-order valence-corrected chi connectivity index (χ0v) is 13.2. The van der Waals surface area contributed by atoms with Gasteiger partial charge in [-0.25, -0.2) is 4.68 Å². The van der Waals surface area contributed by atoms with Crippen molar-refractivity contribution in [1.82, 2.24) is 20.3 Å². The van der Waals surface area contributed by atoms with Gasteiger partial charge in [0.1, 0.15) is 5.69 Å². The highest BCUT2D eigenvalue weighted by Crippen LogP contribution is 2.11. The minimum absolute atomic E-state index is 0.100. The van der Waals surface area contributed by atoms with Gasteiger partial charge in [-0.3, -0.25) is 4.79 Å². The number of nitrogens with zero attached hydrogens (tertiary/aromatic N) is 3. The summed E-state index contributed by atoms with van der Waals surface area (Å²) < 4.78 is 1.70. The van der Waals surface area contributed by atoms with Gasteiger partial charge < -0.3 is 5.32 Å². The number of aryl methyl sites for hydroxylation is 2. The predicted octanol–water partition coefficient (Wildman–Crippen LogP) is 2.88. The van der Waals surface area contributed by atoms with Crippen molar-refractivity contribution in [3.63, 3.8) is 0 Å². The molecule has 0 unspecified atom stereocenters. The number of rotatable bonds is 4. The minimum atomic E-state index is -0.100. The molecule has 2 heterocycles. The third-order valence-electron chi connectivity index (χ3n) is 3.23. The number of nitrogens with one attached hydrogen (secondary N) is 1. The van der Waals surface area contributed by atoms with Crippen LogP contribution >= 0.6 is 11.3 Å². The molecule has 0 radical (unpaired) electrons. The maximum Gasteiger partial charge on any atom is 0.251 e. The fourth-order valence-electron chi connectivity index (χ4n) is 2.27. The molecule has 0 atom stereocenters. The van der Waals surface area contributed by atoms with E-state index in [1.807, 2.05) is 55.1 Å². The molecule has 1 amide bonds. The van der Waals surface area contributed by atoms with E-state index in [2.05, 4.69) is 15.6 Å². The van der Waals surface area contributed by atoms with E-state index in [1.54, 1.807) is 16.0 Å². The van der Waals surface area contributed by atoms with Crippen LogP contribution in [0.1, 0.15) is 27.2 Å². The quantitative estimate of drug-likeness (QED) is 0.806. The normalized spacial score (nSPS) is 10.6. The molecule has 0 saturated carbocycles. The predicted molar refractivity (Wildman–Crippen MR) is 86.3 cm³/mol. The Bertz CT molecular complexity index is 772. The maximum atomic E-state index is 12.2. The first-order valence-electron chi connectivity index (χ1n) is 6.92. The number of carbonyl (C=O) groups is 1. The first-order chi connectivity index (χ1) is 10.6. The lowest BCUT2D eigenvalue weighted by atomic mass is 10.1. The van der Waals surface area contributed by atoms with Gasteiger partial charge in [-0.1, -0.05) is 22.4 Å². The summed E-state index contributed by atoms with van der Waals surface area (Å²) in [5.41, 5.74) is 4.53. The van der Waals surface area contributed by atoms with E-state index in [9.17, 15) is 4.79 Å². The van der Waals surface area contributed by atoms with Crippen LogP contribution in [0.25, 0.3) is 5.69 Å². The second-order valence-corrected chi connectivity index (χ2v) is 5.98. The highest BCUT2D eigenvalue weighted by atomic mass is 32.1. The molecule has 0 aliphatic rings. The molecule has 6 heteroatoms. The van der Waals surface area contributed by atoms with Crippen molar-refractivity contribution in [2.24, 2.45) is 0 Å². The van der Waals surface area contributed by atoms with Crippen LogP contribution in [0.3, 0.4) is 0 Å². The molecule has 0 bridgehead atoms. The van der Waals surface area contributed by atoms with Crippen molar-refractivity contribution in [2.45, 2.75) is 20.4 Å². The lowest BCUT2D eigenvalue weighted by molar-refractivity contribution is 0.0950. The molecule has 0 aliphatic heterocycles. The van der Waals surface area contributed by atoms with Crippen LogP contribution in [0.15, 0.2) is 41.2 Å². The van der Waals surface area contributed by atoms with Crippen molar-refractivity contribution in [1.29, 1.82) is 0 Å². The Kier molecular flexibility index (Phi) is 4.02. The van der Waals surface area contributed by atoms with E-state index in [1.165, 1.54) is 0 Å². The fraction of sp³-hybridized carbons (Fsp3) is 0.188. The van der Waals surface area contributed by atoms with Gasteiger partial charge in [-0.15, -0.1) is 5.10 Å². The minimum Gasteiger partial charge on any atom is -0.346 e. The van der Waals surface area contributed by atoms with Crippen LogP contribution in [-0.4, -0.2) is 20.9 Å². The summed E-state index contributed by atoms with van der Waals surface area (Å²) in [5.74, 6) is -0.100. The molecule has 112 valence electrons. The van der Waals surface area contributed by atoms with Gasteiger partial charge in [0.2, 0.25) is 0 Å². The number of aromatic nitrogens is 3. The summed E-state index contributed by atoms with van der Waals surface area (Å²) >= 11 is 1.60. The highest BCUT2D eigenvalue weighted by Gasteiger charge is 2.08. The van der Waals surface area contributed by atoms with Crippen LogP contribution in [-0.2, 0) is 6.54 Å². The summed E-state index contributed by atoms with van der Waals surface area (Å²) in [6.45, 7) is 4.32. The molecule has 0 fully saturated rings. The average molecular weight is 312 g/mol. The maximum absolute atomic E-state index is 12.2. The van der Waals surface area contributed by atoms with E-state index in [0.29, 0.717) is 12.1 Å². The Morgan fingerprint density at radius 3 is 2.73 bits per heavy atom. The lowest BCUT2D eigenvalue weighted by Crippen LogP contribution is -2.23. The van der Waals surface area contributed by atoms with Crippen LogP contribution in [0.5, 0.6) is 0 Å². The number of amides is 1. The van der Waals surface area contributed by atoms with Gasteiger partial charge in [-0.2, -0.15) is 11.3 Å². The van der Waals surface area contributed by atoms with Gasteiger partial charge in [0.25, 0.3) is 5.91 Å². The average Bonchev–Trinajstić information content (AvgIpc) is 3.14. The second kappa shape index (κ2) is 6.11. The molecule has 0 spiro atoms. The number of carbonyl (C=O) groups excluding carboxylic acids is 1. The van der Waals surface area contributed by atoms with Crippen LogP contribution < -0.4 is 5.32 Å². The summed E-state index contributed by atoms with van der Waals surface area (Å²) in [7, 11) is 0. The van der Waals surface area contributed by atoms with Crippen molar-refractivity contribution in [3.8, 4) is 5.69 Å². The number of thiophene rings is 1. The van der Waals surface area contributed by atoms with Crippen molar-refractivity contribution < 1.29 is 4.79 Å². The zero-order valence-electron chi connectivity index (χ0n) is 12.4. The fourth-order valence-corrected chi connectivity index (χ4v) is 2.89. The van der Waals surface area contributed by atoms with Crippen molar-refractivity contribution in [2.75, 3.05) is 0 Å². The topological polar surface area (TPSA) is 59.8 Å². The van der Waals surface area contributed by atoms with Crippen LogP contribution in [0, 0.1) is 13.8 Å². The highest BCUT2D eigenvalue weighted by molar-refractivity contribution is 7.08. The summed E-state index contributed by atoms with van der Waals surface area (Å²) in [5, 5.41) is 15.0. The summed E-state index contributed by atoms with van der Waals surface area (Å²) in [4.78, 5) is 12.2. The first-order valence-corrected chi connectivity index (χ1v) is 7.86. The smallest absolute Gasteiger partial charge is 0.251 e. The van der Waals surface area contributed by atoms with Gasteiger partial charge in [0.15, 0.2) is 0 Å². The van der Waals surface area contributed by atoms with Gasteiger partial charge in [0, 0.05) is 10.9 Å². The van der Waals surface area contributed by atoms with Crippen molar-refractivity contribution >= 4 is 17.2 Å². The standard InChI is InChI=1S/C16H16N4OS/c1-11-5-12(2)7-13(6-11)16(21)17-8-14-9-20(19-18-14)15-3-4-22-10-15/h3-7,9-10H,8H2,1-2H3,(H,17,21). The Labute approximate surface area is 132 Å². The first kappa shape index (κ1) is 14.5. The molecule has 0 aliphatic carbocycles. The second-order valence-electron chi connectivity index (χ2n) is 5.20. The third-order valence-corrected chi connectivity index (χ3v) is 3.90. The van der Waals surface area contributed by atoms with Crippen molar-refractivity contribution in [3.05, 3.63) is 63.6 Å². The molecule has 2 aromatic heterocycles. The molecule has 22 heavy (non-hydrogen) atoms. The van der Waals surface area contributed by atoms with Gasteiger partial charge in [0.05, 0.1) is 18.4 Å². The Morgan fingerprint density at radius 1 is 1.27 bits per heavy atom. The molecule has 3 aromatic rings. The molecule has 5 nitrogen and oxygen atoms in total. The molecule has 1 aromatic carbocycles. The third kappa shape index (κ3) is 3.23. The number of hydrogen-bond acceptors (Lipinski definition) is 4. The van der Waals surface area contributed by atoms with Gasteiger partial charge >= 0.3 is 0 Å². The lowest BCUT2D eigenvalue weighted by Gasteiger charge is -2.05. The summed E-state index contributed by atoms with van der Waals surface area (Å²) in [6, 6.07) is 7.77. The molecule has 1 N–H and O–H groups in total. The van der Waals surface area contributed by atoms with Gasteiger partial charge in [-0.05, 0) is 37.4 Å². The SMILES string of the molecule is Cc1cc(C)cc(C(=O)NCc2cn(-c3ccsc3)nn2)c1. The van der Waals surface area contributed by atoms with E-state index >= 15 is 0 Å². The van der Waals surface area contributed by atoms with E-state index in [0.717, 1.165) is 22.5 Å². The molecular formula is C16H16N4OS. The Morgan fingerprint density at radius 2 is 2.05 bits per heavy atom. The summed E-state index contributed by atoms with van der Waals surface area (Å²) in [6.07, 6.45) is 1.82. The van der Waals surface area contributed by atoms with E-state index in [4.69, 9.17) is 0 Å². The van der Waals surface area contributed by atoms with Crippen LogP contribution in [0.2, 0.25) is 0 Å². The Hall–Kier alpha value is -2.47. The largest absolute Gasteiger partial charge is 0.346 e. The molecule has 3 rings (SSSR count). The number of benzene rings is 1. The molecular weight excluding hydrogens is 296 g/mol. The number of hydrogen-bond donors (Lipinski definition) is 1. The monoisotopic (exact) mass is 312 g/mol. The van der Waals surface area contributed by atoms with E-state index < -0.39 is 0 Å². The Balaban J connectivity index is 1.66. The van der Waals surface area contributed by atoms with E-state index in [-0.39, 0.29) is 5.91 Å². The van der Waals surface area contributed by atoms with Crippen LogP contribution in [0.4, 0.5) is 0 Å². The molecule has 0 saturated heterocycles. The zero-order chi connectivity index (χ0) is 15.5.